The summed E-state index contributed by atoms with van der Waals surface area (Å²) in [5, 5.41) is 17.1. The van der Waals surface area contributed by atoms with Crippen molar-refractivity contribution in [3.8, 4) is 11.8 Å². The summed E-state index contributed by atoms with van der Waals surface area (Å²) < 4.78 is 1.69. The highest BCUT2D eigenvalue weighted by molar-refractivity contribution is 5.76. The van der Waals surface area contributed by atoms with Crippen molar-refractivity contribution in [3.63, 3.8) is 0 Å². The van der Waals surface area contributed by atoms with Gasteiger partial charge in [-0.25, -0.2) is 4.68 Å². The van der Waals surface area contributed by atoms with E-state index in [0.717, 1.165) is 16.7 Å². The molecule has 1 heterocycles. The second-order valence-electron chi connectivity index (χ2n) is 3.87. The van der Waals surface area contributed by atoms with E-state index in [2.05, 4.69) is 16.4 Å². The molecule has 1 aromatic heterocycles. The molecule has 5 heteroatoms. The topological polar surface area (TPSA) is 80.5 Å². The largest absolute Gasteiger partial charge is 0.398 e. The minimum absolute atomic E-state index is 0.437. The maximum Gasteiger partial charge on any atom is 0.113 e. The number of nitrogens with zero attached hydrogens (tertiary/aromatic N) is 4. The van der Waals surface area contributed by atoms with Crippen molar-refractivity contribution in [1.29, 1.82) is 5.26 Å². The Hall–Kier alpha value is -2.87. The average molecular weight is 235 g/mol. The fourth-order valence-electron chi connectivity index (χ4n) is 1.83. The molecule has 0 spiro atoms. The van der Waals surface area contributed by atoms with Gasteiger partial charge in [-0.2, -0.15) is 5.26 Å². The number of anilines is 1. The smallest absolute Gasteiger partial charge is 0.113 e. The molecule has 3 rings (SSSR count). The van der Waals surface area contributed by atoms with E-state index in [1.807, 2.05) is 30.3 Å². The van der Waals surface area contributed by atoms with Crippen molar-refractivity contribution in [2.45, 2.75) is 0 Å². The standard InChI is InChI=1S/C13H9N5/c14-8-9-7-10(5-6-11(9)15)18-13-4-2-1-3-12(13)16-17-18/h1-7H,15H2. The Labute approximate surface area is 103 Å². The summed E-state index contributed by atoms with van der Waals surface area (Å²) >= 11 is 0. The van der Waals surface area contributed by atoms with Crippen LogP contribution in [0.4, 0.5) is 5.69 Å². The molecule has 0 aliphatic carbocycles. The SMILES string of the molecule is N#Cc1cc(-n2nnc3ccccc32)ccc1N. The number of benzene rings is 2. The minimum atomic E-state index is 0.437. The Morgan fingerprint density at radius 1 is 1.17 bits per heavy atom. The van der Waals surface area contributed by atoms with Gasteiger partial charge in [0.1, 0.15) is 11.6 Å². The summed E-state index contributed by atoms with van der Waals surface area (Å²) in [7, 11) is 0. The van der Waals surface area contributed by atoms with E-state index in [9.17, 15) is 0 Å². The predicted octanol–water partition coefficient (Wildman–Crippen LogP) is 1.87. The molecule has 3 aromatic rings. The van der Waals surface area contributed by atoms with Crippen molar-refractivity contribution in [2.24, 2.45) is 0 Å². The predicted molar refractivity (Wildman–Crippen MR) is 68.0 cm³/mol. The van der Waals surface area contributed by atoms with E-state index in [1.165, 1.54) is 0 Å². The highest BCUT2D eigenvalue weighted by Gasteiger charge is 2.07. The molecule has 0 saturated heterocycles. The van der Waals surface area contributed by atoms with Gasteiger partial charge in [-0.1, -0.05) is 17.3 Å². The molecule has 18 heavy (non-hydrogen) atoms. The second kappa shape index (κ2) is 3.86. The summed E-state index contributed by atoms with van der Waals surface area (Å²) in [6, 6.07) is 14.9. The molecule has 0 amide bonds. The molecule has 2 aromatic carbocycles. The lowest BCUT2D eigenvalue weighted by atomic mass is 10.2. The molecule has 0 bridgehead atoms. The third-order valence-corrected chi connectivity index (χ3v) is 2.75. The third-order valence-electron chi connectivity index (χ3n) is 2.75. The Kier molecular flexibility index (Phi) is 2.21. The molecule has 5 nitrogen and oxygen atoms in total. The van der Waals surface area contributed by atoms with Crippen LogP contribution in [-0.2, 0) is 0 Å². The first kappa shape index (κ1) is 10.3. The van der Waals surface area contributed by atoms with E-state index >= 15 is 0 Å². The van der Waals surface area contributed by atoms with Gasteiger partial charge in [-0.3, -0.25) is 0 Å². The van der Waals surface area contributed by atoms with E-state index < -0.39 is 0 Å². The lowest BCUT2D eigenvalue weighted by molar-refractivity contribution is 0.824. The molecule has 86 valence electrons. The van der Waals surface area contributed by atoms with Gasteiger partial charge in [-0.15, -0.1) is 5.10 Å². The fraction of sp³-hybridized carbons (Fsp3) is 0. The van der Waals surface area contributed by atoms with Gasteiger partial charge in [0.25, 0.3) is 0 Å². The minimum Gasteiger partial charge on any atom is -0.398 e. The quantitative estimate of drug-likeness (QED) is 0.653. The number of hydrogen-bond donors (Lipinski definition) is 1. The summed E-state index contributed by atoms with van der Waals surface area (Å²) in [4.78, 5) is 0. The van der Waals surface area contributed by atoms with E-state index in [-0.39, 0.29) is 0 Å². The van der Waals surface area contributed by atoms with Crippen LogP contribution in [0.3, 0.4) is 0 Å². The van der Waals surface area contributed by atoms with Gasteiger partial charge in [0.05, 0.1) is 16.8 Å². The number of hydrogen-bond acceptors (Lipinski definition) is 4. The van der Waals surface area contributed by atoms with Crippen LogP contribution >= 0.6 is 0 Å². The van der Waals surface area contributed by atoms with E-state index in [0.29, 0.717) is 11.3 Å². The van der Waals surface area contributed by atoms with Crippen molar-refractivity contribution < 1.29 is 0 Å². The molecular formula is C13H9N5. The number of nitrogens with two attached hydrogens (primary N) is 1. The van der Waals surface area contributed by atoms with Crippen LogP contribution in [0.2, 0.25) is 0 Å². The average Bonchev–Trinajstić information content (AvgIpc) is 2.83. The lowest BCUT2D eigenvalue weighted by Gasteiger charge is -2.04. The van der Waals surface area contributed by atoms with Crippen LogP contribution in [0.15, 0.2) is 42.5 Å². The zero-order chi connectivity index (χ0) is 12.5. The zero-order valence-corrected chi connectivity index (χ0v) is 9.41. The number of nitriles is 1. The van der Waals surface area contributed by atoms with Crippen molar-refractivity contribution >= 4 is 16.7 Å². The first-order valence-corrected chi connectivity index (χ1v) is 5.40. The molecule has 0 unspecified atom stereocenters. The van der Waals surface area contributed by atoms with Crippen molar-refractivity contribution in [2.75, 3.05) is 5.73 Å². The van der Waals surface area contributed by atoms with Crippen LogP contribution < -0.4 is 5.73 Å². The normalized spacial score (nSPS) is 10.4. The number of para-hydroxylation sites is 1. The fourth-order valence-corrected chi connectivity index (χ4v) is 1.83. The van der Waals surface area contributed by atoms with Gasteiger partial charge in [0.2, 0.25) is 0 Å². The Morgan fingerprint density at radius 2 is 2.00 bits per heavy atom. The van der Waals surface area contributed by atoms with E-state index in [4.69, 9.17) is 11.0 Å². The van der Waals surface area contributed by atoms with Gasteiger partial charge in [0, 0.05) is 5.69 Å². The molecule has 0 aliphatic rings. The molecule has 0 fully saturated rings. The summed E-state index contributed by atoms with van der Waals surface area (Å²) in [5.41, 5.74) is 9.08. The van der Waals surface area contributed by atoms with Crippen LogP contribution in [0, 0.1) is 11.3 Å². The van der Waals surface area contributed by atoms with E-state index in [1.54, 1.807) is 16.8 Å². The first-order chi connectivity index (χ1) is 8.79. The lowest BCUT2D eigenvalue weighted by Crippen LogP contribution is -1.99. The molecule has 0 radical (unpaired) electrons. The van der Waals surface area contributed by atoms with Crippen LogP contribution in [0.1, 0.15) is 5.56 Å². The Balaban J connectivity index is 2.24. The third kappa shape index (κ3) is 1.48. The maximum atomic E-state index is 8.98. The molecule has 0 saturated carbocycles. The van der Waals surface area contributed by atoms with Gasteiger partial charge in [-0.05, 0) is 30.3 Å². The number of fused-ring (bicyclic) bond motifs is 1. The van der Waals surface area contributed by atoms with Crippen LogP contribution in [0.5, 0.6) is 0 Å². The molecular weight excluding hydrogens is 226 g/mol. The number of aromatic nitrogens is 3. The molecule has 0 aliphatic heterocycles. The summed E-state index contributed by atoms with van der Waals surface area (Å²) in [6.45, 7) is 0. The van der Waals surface area contributed by atoms with Crippen molar-refractivity contribution in [3.05, 3.63) is 48.0 Å². The Bertz CT molecular complexity index is 766. The monoisotopic (exact) mass is 235 g/mol. The van der Waals surface area contributed by atoms with Crippen LogP contribution in [-0.4, -0.2) is 15.0 Å². The van der Waals surface area contributed by atoms with Crippen LogP contribution in [0.25, 0.3) is 16.7 Å². The number of rotatable bonds is 1. The van der Waals surface area contributed by atoms with Crippen molar-refractivity contribution in [1.82, 2.24) is 15.0 Å². The first-order valence-electron chi connectivity index (χ1n) is 5.40. The number of nitrogen functional groups attached to an aromatic ring is 1. The molecule has 2 N–H and O–H groups in total. The highest BCUT2D eigenvalue weighted by atomic mass is 15.4. The van der Waals surface area contributed by atoms with Gasteiger partial charge < -0.3 is 5.73 Å². The summed E-state index contributed by atoms with van der Waals surface area (Å²) in [5.74, 6) is 0. The van der Waals surface area contributed by atoms with Gasteiger partial charge >= 0.3 is 0 Å². The molecule has 0 atom stereocenters. The Morgan fingerprint density at radius 3 is 2.83 bits per heavy atom. The highest BCUT2D eigenvalue weighted by Crippen LogP contribution is 2.19. The summed E-state index contributed by atoms with van der Waals surface area (Å²) in [6.07, 6.45) is 0. The zero-order valence-electron chi connectivity index (χ0n) is 9.41. The van der Waals surface area contributed by atoms with Gasteiger partial charge in [0.15, 0.2) is 0 Å². The second-order valence-corrected chi connectivity index (χ2v) is 3.87. The maximum absolute atomic E-state index is 8.98.